The van der Waals surface area contributed by atoms with Crippen molar-refractivity contribution in [2.24, 2.45) is 0 Å². The molecule has 4 rings (SSSR count). The zero-order valence-corrected chi connectivity index (χ0v) is 12.2. The summed E-state index contributed by atoms with van der Waals surface area (Å²) in [6, 6.07) is 10.7. The summed E-state index contributed by atoms with van der Waals surface area (Å²) < 4.78 is 6.06. The number of aromatic nitrogens is 1. The second-order valence-corrected chi connectivity index (χ2v) is 5.88. The number of ether oxygens (including phenoxy) is 1. The number of hydrogen-bond donors (Lipinski definition) is 1. The van der Waals surface area contributed by atoms with Crippen molar-refractivity contribution in [3.63, 3.8) is 0 Å². The first kappa shape index (κ1) is 12.7. The lowest BCUT2D eigenvalue weighted by Crippen LogP contribution is -2.07. The molecule has 108 valence electrons. The molecule has 2 aliphatic rings. The summed E-state index contributed by atoms with van der Waals surface area (Å²) in [6.07, 6.45) is 5.98. The first-order valence-corrected chi connectivity index (χ1v) is 7.86. The van der Waals surface area contributed by atoms with Gasteiger partial charge in [0.25, 0.3) is 0 Å². The highest BCUT2D eigenvalue weighted by molar-refractivity contribution is 5.49. The molecule has 1 N–H and O–H groups in total. The molecule has 0 bridgehead atoms. The van der Waals surface area contributed by atoms with Crippen molar-refractivity contribution in [3.05, 3.63) is 52.7 Å². The highest BCUT2D eigenvalue weighted by atomic mass is 16.5. The molecule has 1 aliphatic carbocycles. The summed E-state index contributed by atoms with van der Waals surface area (Å²) in [5, 5.41) is 3.32. The van der Waals surface area contributed by atoms with Crippen LogP contribution in [0.4, 0.5) is 5.82 Å². The zero-order chi connectivity index (χ0) is 14.1. The van der Waals surface area contributed by atoms with Gasteiger partial charge in [0.15, 0.2) is 0 Å². The monoisotopic (exact) mass is 280 g/mol. The molecule has 1 aromatic heterocycles. The Morgan fingerprint density at radius 3 is 2.95 bits per heavy atom. The van der Waals surface area contributed by atoms with Crippen LogP contribution in [-0.2, 0) is 25.9 Å². The van der Waals surface area contributed by atoms with Crippen LogP contribution in [0.3, 0.4) is 0 Å². The van der Waals surface area contributed by atoms with Crippen molar-refractivity contribution in [3.8, 4) is 5.75 Å². The largest absolute Gasteiger partial charge is 0.487 e. The number of hydrogen-bond acceptors (Lipinski definition) is 3. The maximum atomic E-state index is 6.06. The van der Waals surface area contributed by atoms with Crippen LogP contribution in [0.5, 0.6) is 5.75 Å². The lowest BCUT2D eigenvalue weighted by molar-refractivity contribution is 0.297. The third kappa shape index (κ3) is 2.48. The molecule has 2 aromatic rings. The topological polar surface area (TPSA) is 34.1 Å². The van der Waals surface area contributed by atoms with Crippen molar-refractivity contribution in [1.82, 2.24) is 4.98 Å². The van der Waals surface area contributed by atoms with Crippen LogP contribution in [0, 0.1) is 0 Å². The fraction of sp³-hybridized carbons (Fsp3) is 0.389. The minimum atomic E-state index is 0.547. The smallest absolute Gasteiger partial charge is 0.130 e. The minimum Gasteiger partial charge on any atom is -0.487 e. The normalized spacial score (nSPS) is 16.0. The Morgan fingerprint density at radius 2 is 1.95 bits per heavy atom. The molecule has 0 atom stereocenters. The van der Waals surface area contributed by atoms with Gasteiger partial charge in [-0.25, -0.2) is 4.98 Å². The predicted molar refractivity (Wildman–Crippen MR) is 83.8 cm³/mol. The van der Waals surface area contributed by atoms with Crippen molar-refractivity contribution in [2.45, 2.75) is 38.7 Å². The standard InChI is InChI=1S/C18H20N2O/c1-2-6-16-13(4-1)5-3-7-17(16)21-12-15-9-8-14-10-11-19-18(14)20-15/h3,5,7-9H,1-2,4,6,10-12H2,(H,19,20). The van der Waals surface area contributed by atoms with E-state index in [0.29, 0.717) is 6.61 Å². The van der Waals surface area contributed by atoms with Crippen LogP contribution in [0.25, 0.3) is 0 Å². The van der Waals surface area contributed by atoms with Crippen molar-refractivity contribution in [2.75, 3.05) is 11.9 Å². The molecule has 0 amide bonds. The van der Waals surface area contributed by atoms with Gasteiger partial charge < -0.3 is 10.1 Å². The molecule has 2 heterocycles. The Balaban J connectivity index is 1.52. The Morgan fingerprint density at radius 1 is 1.00 bits per heavy atom. The van der Waals surface area contributed by atoms with Crippen LogP contribution in [0.1, 0.15) is 35.2 Å². The van der Waals surface area contributed by atoms with Crippen LogP contribution in [-0.4, -0.2) is 11.5 Å². The molecule has 21 heavy (non-hydrogen) atoms. The van der Waals surface area contributed by atoms with E-state index in [0.717, 1.165) is 36.6 Å². The van der Waals surface area contributed by atoms with E-state index in [1.54, 1.807) is 0 Å². The van der Waals surface area contributed by atoms with E-state index in [2.05, 4.69) is 40.6 Å². The van der Waals surface area contributed by atoms with Gasteiger partial charge in [0.2, 0.25) is 0 Å². The van der Waals surface area contributed by atoms with Gasteiger partial charge in [0, 0.05) is 6.54 Å². The van der Waals surface area contributed by atoms with E-state index in [1.165, 1.54) is 36.0 Å². The van der Waals surface area contributed by atoms with Crippen LogP contribution >= 0.6 is 0 Å². The van der Waals surface area contributed by atoms with E-state index in [1.807, 2.05) is 0 Å². The quantitative estimate of drug-likeness (QED) is 0.934. The van der Waals surface area contributed by atoms with E-state index in [4.69, 9.17) is 4.74 Å². The summed E-state index contributed by atoms with van der Waals surface area (Å²) in [4.78, 5) is 4.64. The Bertz CT molecular complexity index is 666. The molecule has 0 radical (unpaired) electrons. The number of aryl methyl sites for hydroxylation is 1. The summed E-state index contributed by atoms with van der Waals surface area (Å²) in [7, 11) is 0. The zero-order valence-electron chi connectivity index (χ0n) is 12.2. The molecule has 0 spiro atoms. The van der Waals surface area contributed by atoms with Gasteiger partial charge in [-0.15, -0.1) is 0 Å². The van der Waals surface area contributed by atoms with Crippen LogP contribution in [0.2, 0.25) is 0 Å². The van der Waals surface area contributed by atoms with Crippen molar-refractivity contribution >= 4 is 5.82 Å². The highest BCUT2D eigenvalue weighted by Crippen LogP contribution is 2.30. The molecule has 3 heteroatoms. The number of nitrogens with zero attached hydrogens (tertiary/aromatic N) is 1. The third-order valence-corrected chi connectivity index (χ3v) is 4.45. The van der Waals surface area contributed by atoms with Gasteiger partial charge in [-0.1, -0.05) is 18.2 Å². The maximum absolute atomic E-state index is 6.06. The fourth-order valence-electron chi connectivity index (χ4n) is 3.31. The van der Waals surface area contributed by atoms with Gasteiger partial charge in [-0.3, -0.25) is 0 Å². The third-order valence-electron chi connectivity index (χ3n) is 4.45. The molecule has 1 aliphatic heterocycles. The molecular formula is C18H20N2O. The van der Waals surface area contributed by atoms with Gasteiger partial charge in [0.1, 0.15) is 18.2 Å². The van der Waals surface area contributed by atoms with Gasteiger partial charge in [-0.05, 0) is 60.9 Å². The molecule has 0 unspecified atom stereocenters. The average molecular weight is 280 g/mol. The Hall–Kier alpha value is -2.03. The fourth-order valence-corrected chi connectivity index (χ4v) is 3.31. The number of pyridine rings is 1. The highest BCUT2D eigenvalue weighted by Gasteiger charge is 2.15. The Labute approximate surface area is 125 Å². The van der Waals surface area contributed by atoms with E-state index >= 15 is 0 Å². The number of anilines is 1. The van der Waals surface area contributed by atoms with E-state index in [-0.39, 0.29) is 0 Å². The summed E-state index contributed by atoms with van der Waals surface area (Å²) in [5.41, 5.74) is 5.18. The van der Waals surface area contributed by atoms with Crippen LogP contribution in [0.15, 0.2) is 30.3 Å². The average Bonchev–Trinajstić information content (AvgIpc) is 3.00. The van der Waals surface area contributed by atoms with Gasteiger partial charge in [0.05, 0.1) is 5.69 Å². The molecule has 0 fully saturated rings. The summed E-state index contributed by atoms with van der Waals surface area (Å²) in [6.45, 7) is 1.55. The maximum Gasteiger partial charge on any atom is 0.130 e. The van der Waals surface area contributed by atoms with Crippen molar-refractivity contribution in [1.29, 1.82) is 0 Å². The van der Waals surface area contributed by atoms with E-state index < -0.39 is 0 Å². The SMILES string of the molecule is c1cc2c(c(OCc3ccc4c(n3)NCC4)c1)CCCC2. The summed E-state index contributed by atoms with van der Waals surface area (Å²) >= 11 is 0. The number of rotatable bonds is 3. The second-order valence-electron chi connectivity index (χ2n) is 5.88. The molecule has 3 nitrogen and oxygen atoms in total. The second kappa shape index (κ2) is 5.40. The Kier molecular flexibility index (Phi) is 3.26. The van der Waals surface area contributed by atoms with E-state index in [9.17, 15) is 0 Å². The number of nitrogens with one attached hydrogen (secondary N) is 1. The molecular weight excluding hydrogens is 260 g/mol. The number of benzene rings is 1. The van der Waals surface area contributed by atoms with Gasteiger partial charge >= 0.3 is 0 Å². The first-order valence-electron chi connectivity index (χ1n) is 7.86. The van der Waals surface area contributed by atoms with Crippen LogP contribution < -0.4 is 10.1 Å². The minimum absolute atomic E-state index is 0.547. The van der Waals surface area contributed by atoms with Crippen molar-refractivity contribution < 1.29 is 4.74 Å². The molecule has 0 saturated heterocycles. The first-order chi connectivity index (χ1) is 10.4. The number of fused-ring (bicyclic) bond motifs is 2. The molecule has 0 saturated carbocycles. The van der Waals surface area contributed by atoms with Gasteiger partial charge in [-0.2, -0.15) is 0 Å². The lowest BCUT2D eigenvalue weighted by Gasteiger charge is -2.19. The lowest BCUT2D eigenvalue weighted by atomic mass is 9.91. The summed E-state index contributed by atoms with van der Waals surface area (Å²) in [5.74, 6) is 2.08. The predicted octanol–water partition coefficient (Wildman–Crippen LogP) is 3.51. The molecule has 1 aromatic carbocycles.